The summed E-state index contributed by atoms with van der Waals surface area (Å²) >= 11 is 0. The second-order valence-corrected chi connectivity index (χ2v) is 8.74. The zero-order chi connectivity index (χ0) is 23.0. The number of hydrogen-bond acceptors (Lipinski definition) is 4. The van der Waals surface area contributed by atoms with E-state index in [9.17, 15) is 18.0 Å². The molecule has 7 heteroatoms. The van der Waals surface area contributed by atoms with E-state index in [1.807, 2.05) is 36.4 Å². The summed E-state index contributed by atoms with van der Waals surface area (Å²) in [5.41, 5.74) is 2.66. The third-order valence-corrected chi connectivity index (χ3v) is 5.96. The van der Waals surface area contributed by atoms with E-state index in [0.717, 1.165) is 11.1 Å². The Morgan fingerprint density at radius 2 is 1.50 bits per heavy atom. The van der Waals surface area contributed by atoms with Crippen LogP contribution in [-0.4, -0.2) is 26.7 Å². The van der Waals surface area contributed by atoms with Crippen LogP contribution in [0, 0.1) is 11.8 Å². The molecule has 0 saturated carbocycles. The molecular weight excluding hydrogens is 424 g/mol. The molecule has 0 heterocycles. The molecule has 1 amide bonds. The van der Waals surface area contributed by atoms with Crippen molar-refractivity contribution >= 4 is 27.4 Å². The van der Waals surface area contributed by atoms with Gasteiger partial charge >= 0.3 is 0 Å². The lowest BCUT2D eigenvalue weighted by atomic mass is 10.1. The maximum Gasteiger partial charge on any atom is 0.240 e. The largest absolute Gasteiger partial charge is 0.326 e. The lowest BCUT2D eigenvalue weighted by molar-refractivity contribution is -0.116. The lowest BCUT2D eigenvalue weighted by Gasteiger charge is -2.08. The van der Waals surface area contributed by atoms with Gasteiger partial charge in [-0.25, -0.2) is 13.1 Å². The van der Waals surface area contributed by atoms with Crippen molar-refractivity contribution in [2.45, 2.75) is 18.2 Å². The van der Waals surface area contributed by atoms with Crippen LogP contribution < -0.4 is 10.0 Å². The van der Waals surface area contributed by atoms with Gasteiger partial charge in [0.2, 0.25) is 15.9 Å². The van der Waals surface area contributed by atoms with Crippen molar-refractivity contribution in [2.24, 2.45) is 0 Å². The first kappa shape index (κ1) is 22.9. The minimum absolute atomic E-state index is 0.0348. The van der Waals surface area contributed by atoms with Crippen LogP contribution in [0.3, 0.4) is 0 Å². The molecule has 0 saturated heterocycles. The Morgan fingerprint density at radius 1 is 0.844 bits per heavy atom. The van der Waals surface area contributed by atoms with E-state index in [2.05, 4.69) is 21.9 Å². The summed E-state index contributed by atoms with van der Waals surface area (Å²) in [4.78, 5) is 23.6. The second kappa shape index (κ2) is 10.5. The number of ketones is 1. The molecular formula is C25H22N2O4S. The Hall–Kier alpha value is -3.73. The van der Waals surface area contributed by atoms with Gasteiger partial charge in [-0.15, -0.1) is 0 Å². The Kier molecular flexibility index (Phi) is 7.55. The molecule has 0 radical (unpaired) electrons. The number of Topliss-reactive ketones (excluding diaryl/α,β-unsaturated/α-hetero) is 1. The Bertz CT molecular complexity index is 1270. The summed E-state index contributed by atoms with van der Waals surface area (Å²) in [5.74, 6) is 5.64. The Morgan fingerprint density at radius 3 is 2.19 bits per heavy atom. The molecule has 32 heavy (non-hydrogen) atoms. The number of sulfonamides is 1. The van der Waals surface area contributed by atoms with Crippen LogP contribution in [0.25, 0.3) is 0 Å². The number of benzene rings is 3. The summed E-state index contributed by atoms with van der Waals surface area (Å²) in [6.07, 6.45) is -0.0370. The molecule has 3 aromatic rings. The molecule has 0 aliphatic carbocycles. The van der Waals surface area contributed by atoms with Gasteiger partial charge in [0.05, 0.1) is 4.90 Å². The molecule has 162 valence electrons. The molecule has 6 nitrogen and oxygen atoms in total. The molecule has 0 fully saturated rings. The molecule has 0 unspecified atom stereocenters. The predicted molar refractivity (Wildman–Crippen MR) is 124 cm³/mol. The van der Waals surface area contributed by atoms with Crippen molar-refractivity contribution in [2.75, 3.05) is 11.9 Å². The molecule has 3 rings (SSSR count). The second-order valence-electron chi connectivity index (χ2n) is 6.97. The fraction of sp³-hybridized carbons (Fsp3) is 0.120. The molecule has 0 bridgehead atoms. The first-order valence-electron chi connectivity index (χ1n) is 9.91. The summed E-state index contributed by atoms with van der Waals surface area (Å²) in [6.45, 7) is 1.35. The number of hydrogen-bond donors (Lipinski definition) is 2. The van der Waals surface area contributed by atoms with Crippen molar-refractivity contribution in [3.8, 4) is 11.8 Å². The first-order valence-corrected chi connectivity index (χ1v) is 11.4. The average molecular weight is 447 g/mol. The van der Waals surface area contributed by atoms with E-state index < -0.39 is 10.0 Å². The van der Waals surface area contributed by atoms with E-state index in [-0.39, 0.29) is 29.6 Å². The van der Waals surface area contributed by atoms with Crippen molar-refractivity contribution in [3.63, 3.8) is 0 Å². The summed E-state index contributed by atoms with van der Waals surface area (Å²) < 4.78 is 27.1. The van der Waals surface area contributed by atoms with Crippen LogP contribution in [0.5, 0.6) is 0 Å². The molecule has 3 aromatic carbocycles. The predicted octanol–water partition coefficient (Wildman–Crippen LogP) is 3.60. The number of carbonyl (C=O) groups is 2. The van der Waals surface area contributed by atoms with Crippen LogP contribution >= 0.6 is 0 Å². The highest BCUT2D eigenvalue weighted by Crippen LogP contribution is 2.12. The van der Waals surface area contributed by atoms with Crippen molar-refractivity contribution in [1.29, 1.82) is 0 Å². The monoisotopic (exact) mass is 446 g/mol. The number of carbonyl (C=O) groups excluding carboxylic acids is 2. The van der Waals surface area contributed by atoms with E-state index in [1.54, 1.807) is 18.2 Å². The molecule has 2 N–H and O–H groups in total. The number of nitrogens with one attached hydrogen (secondary N) is 2. The average Bonchev–Trinajstić information content (AvgIpc) is 2.78. The quantitative estimate of drug-likeness (QED) is 0.429. The number of anilines is 1. The van der Waals surface area contributed by atoms with E-state index >= 15 is 0 Å². The summed E-state index contributed by atoms with van der Waals surface area (Å²) in [7, 11) is -3.77. The van der Waals surface area contributed by atoms with Crippen molar-refractivity contribution in [1.82, 2.24) is 4.72 Å². The molecule has 0 spiro atoms. The highest BCUT2D eigenvalue weighted by Gasteiger charge is 2.14. The fourth-order valence-corrected chi connectivity index (χ4v) is 3.85. The normalized spacial score (nSPS) is 10.7. The van der Waals surface area contributed by atoms with Crippen LogP contribution in [0.4, 0.5) is 5.69 Å². The molecule has 0 atom stereocenters. The maximum atomic E-state index is 12.3. The molecule has 0 aromatic heterocycles. The van der Waals surface area contributed by atoms with Gasteiger partial charge in [0.25, 0.3) is 0 Å². The fourth-order valence-electron chi connectivity index (χ4n) is 2.82. The SMILES string of the molecule is CC(=O)c1ccc(S(=O)(=O)NCCC(=O)Nc2cccc(C#Cc3ccccc3)c2)cc1. The third kappa shape index (κ3) is 6.64. The summed E-state index contributed by atoms with van der Waals surface area (Å²) in [5, 5.41) is 2.75. The van der Waals surface area contributed by atoms with Gasteiger partial charge in [-0.3, -0.25) is 9.59 Å². The van der Waals surface area contributed by atoms with Gasteiger partial charge in [0, 0.05) is 35.3 Å². The van der Waals surface area contributed by atoms with E-state index in [4.69, 9.17) is 0 Å². The third-order valence-electron chi connectivity index (χ3n) is 4.49. The van der Waals surface area contributed by atoms with E-state index in [0.29, 0.717) is 11.3 Å². The highest BCUT2D eigenvalue weighted by atomic mass is 32.2. The summed E-state index contributed by atoms with van der Waals surface area (Å²) in [6, 6.07) is 22.3. The van der Waals surface area contributed by atoms with Gasteiger partial charge in [-0.05, 0) is 49.4 Å². The van der Waals surface area contributed by atoms with Crippen molar-refractivity contribution in [3.05, 3.63) is 95.6 Å². The van der Waals surface area contributed by atoms with Gasteiger partial charge < -0.3 is 5.32 Å². The van der Waals surface area contributed by atoms with Crippen molar-refractivity contribution < 1.29 is 18.0 Å². The van der Waals surface area contributed by atoms with Gasteiger partial charge in [0.1, 0.15) is 0 Å². The van der Waals surface area contributed by atoms with Crippen LogP contribution in [-0.2, 0) is 14.8 Å². The first-order chi connectivity index (χ1) is 15.3. The van der Waals surface area contributed by atoms with Crippen LogP contribution in [0.1, 0.15) is 34.8 Å². The van der Waals surface area contributed by atoms with E-state index in [1.165, 1.54) is 31.2 Å². The van der Waals surface area contributed by atoms with Crippen LogP contribution in [0.2, 0.25) is 0 Å². The zero-order valence-corrected chi connectivity index (χ0v) is 18.3. The number of rotatable bonds is 7. The molecule has 0 aliphatic heterocycles. The maximum absolute atomic E-state index is 12.3. The van der Waals surface area contributed by atoms with Gasteiger partial charge in [0.15, 0.2) is 5.78 Å². The topological polar surface area (TPSA) is 92.3 Å². The lowest BCUT2D eigenvalue weighted by Crippen LogP contribution is -2.27. The smallest absolute Gasteiger partial charge is 0.240 e. The standard InChI is InChI=1S/C25H22N2O4S/c1-19(28)22-12-14-24(15-13-22)32(30,31)26-17-16-25(29)27-23-9-5-8-21(18-23)11-10-20-6-3-2-4-7-20/h2-9,12-15,18,26H,16-17H2,1H3,(H,27,29). The zero-order valence-electron chi connectivity index (χ0n) is 17.5. The number of amides is 1. The Balaban J connectivity index is 1.54. The Labute approximate surface area is 187 Å². The van der Waals surface area contributed by atoms with Gasteiger partial charge in [-0.1, -0.05) is 48.2 Å². The highest BCUT2D eigenvalue weighted by molar-refractivity contribution is 7.89. The minimum atomic E-state index is -3.77. The van der Waals surface area contributed by atoms with Crippen LogP contribution in [0.15, 0.2) is 83.8 Å². The molecule has 0 aliphatic rings. The van der Waals surface area contributed by atoms with Gasteiger partial charge in [-0.2, -0.15) is 0 Å². The minimum Gasteiger partial charge on any atom is -0.326 e.